The van der Waals surface area contributed by atoms with Crippen LogP contribution >= 0.6 is 0 Å². The number of nitrogens with zero attached hydrogens (tertiary/aromatic N) is 2. The van der Waals surface area contributed by atoms with E-state index in [1.165, 1.54) is 0 Å². The Labute approximate surface area is 94.4 Å². The van der Waals surface area contributed by atoms with Crippen LogP contribution < -0.4 is 9.47 Å². The van der Waals surface area contributed by atoms with Crippen molar-refractivity contribution in [3.8, 4) is 22.6 Å². The third-order valence-electron chi connectivity index (χ3n) is 2.42. The molecule has 4 heteroatoms. The van der Waals surface area contributed by atoms with Gasteiger partial charge in [0.2, 0.25) is 0 Å². The molecule has 0 amide bonds. The summed E-state index contributed by atoms with van der Waals surface area (Å²) in [6.07, 6.45) is 3.78. The number of aryl methyl sites for hydroxylation is 1. The van der Waals surface area contributed by atoms with Gasteiger partial charge in [-0.05, 0) is 17.7 Å². The normalized spacial score (nSPS) is 10.2. The smallest absolute Gasteiger partial charge is 0.161 e. The predicted octanol–water partition coefficient (Wildman–Crippen LogP) is 2.10. The average molecular weight is 218 g/mol. The molecule has 1 aromatic heterocycles. The topological polar surface area (TPSA) is 36.3 Å². The number of aromatic nitrogens is 2. The highest BCUT2D eigenvalue weighted by Gasteiger charge is 2.06. The van der Waals surface area contributed by atoms with E-state index in [2.05, 4.69) is 5.10 Å². The second-order valence-corrected chi connectivity index (χ2v) is 3.47. The fraction of sp³-hybridized carbons (Fsp3) is 0.250. The van der Waals surface area contributed by atoms with Gasteiger partial charge in [-0.25, -0.2) is 0 Å². The van der Waals surface area contributed by atoms with E-state index < -0.39 is 0 Å². The van der Waals surface area contributed by atoms with Crippen LogP contribution in [0.2, 0.25) is 0 Å². The standard InChI is InChI=1S/C12H14N2O2/c1-14-8-10(7-13-14)9-4-5-11(15-2)12(6-9)16-3/h4-8H,1-3H3. The summed E-state index contributed by atoms with van der Waals surface area (Å²) in [5, 5.41) is 4.14. The van der Waals surface area contributed by atoms with Gasteiger partial charge in [0.25, 0.3) is 0 Å². The lowest BCUT2D eigenvalue weighted by molar-refractivity contribution is 0.355. The molecule has 0 fully saturated rings. The van der Waals surface area contributed by atoms with Crippen LogP contribution in [-0.2, 0) is 7.05 Å². The van der Waals surface area contributed by atoms with Crippen LogP contribution in [0.5, 0.6) is 11.5 Å². The number of benzene rings is 1. The maximum absolute atomic E-state index is 5.25. The third-order valence-corrected chi connectivity index (χ3v) is 2.42. The van der Waals surface area contributed by atoms with E-state index in [0.29, 0.717) is 0 Å². The molecule has 16 heavy (non-hydrogen) atoms. The molecule has 1 heterocycles. The number of hydrogen-bond acceptors (Lipinski definition) is 3. The highest BCUT2D eigenvalue weighted by Crippen LogP contribution is 2.31. The molecule has 0 atom stereocenters. The average Bonchev–Trinajstić information content (AvgIpc) is 2.75. The molecule has 0 N–H and O–H groups in total. The first-order valence-electron chi connectivity index (χ1n) is 4.95. The second-order valence-electron chi connectivity index (χ2n) is 3.47. The molecule has 0 aliphatic heterocycles. The van der Waals surface area contributed by atoms with Crippen molar-refractivity contribution in [1.29, 1.82) is 0 Å². The zero-order chi connectivity index (χ0) is 11.5. The van der Waals surface area contributed by atoms with Crippen LogP contribution in [-0.4, -0.2) is 24.0 Å². The van der Waals surface area contributed by atoms with Crippen molar-refractivity contribution >= 4 is 0 Å². The van der Waals surface area contributed by atoms with E-state index >= 15 is 0 Å². The monoisotopic (exact) mass is 218 g/mol. The molecule has 0 saturated carbocycles. The Morgan fingerprint density at radius 1 is 1.06 bits per heavy atom. The van der Waals surface area contributed by atoms with E-state index in [4.69, 9.17) is 9.47 Å². The van der Waals surface area contributed by atoms with Gasteiger partial charge in [0, 0.05) is 18.8 Å². The first-order valence-corrected chi connectivity index (χ1v) is 4.95. The first-order chi connectivity index (χ1) is 7.74. The van der Waals surface area contributed by atoms with Crippen molar-refractivity contribution in [2.45, 2.75) is 0 Å². The Balaban J connectivity index is 2.43. The summed E-state index contributed by atoms with van der Waals surface area (Å²) in [4.78, 5) is 0. The van der Waals surface area contributed by atoms with Gasteiger partial charge in [-0.1, -0.05) is 6.07 Å². The molecule has 0 bridgehead atoms. The maximum atomic E-state index is 5.25. The fourth-order valence-electron chi connectivity index (χ4n) is 1.59. The van der Waals surface area contributed by atoms with E-state index in [-0.39, 0.29) is 0 Å². The van der Waals surface area contributed by atoms with E-state index in [1.54, 1.807) is 18.9 Å². The summed E-state index contributed by atoms with van der Waals surface area (Å²) in [6.45, 7) is 0. The molecule has 1 aromatic carbocycles. The van der Waals surface area contributed by atoms with Gasteiger partial charge in [-0.2, -0.15) is 5.10 Å². The lowest BCUT2D eigenvalue weighted by atomic mass is 10.1. The van der Waals surface area contributed by atoms with Gasteiger partial charge < -0.3 is 9.47 Å². The predicted molar refractivity (Wildman–Crippen MR) is 61.7 cm³/mol. The van der Waals surface area contributed by atoms with Crippen molar-refractivity contribution in [3.05, 3.63) is 30.6 Å². The van der Waals surface area contributed by atoms with Crippen molar-refractivity contribution in [1.82, 2.24) is 9.78 Å². The van der Waals surface area contributed by atoms with Crippen LogP contribution in [0.3, 0.4) is 0 Å². The minimum absolute atomic E-state index is 0.726. The summed E-state index contributed by atoms with van der Waals surface area (Å²) in [7, 11) is 5.15. The molecule has 0 saturated heterocycles. The quantitative estimate of drug-likeness (QED) is 0.791. The van der Waals surface area contributed by atoms with E-state index in [0.717, 1.165) is 22.6 Å². The van der Waals surface area contributed by atoms with Gasteiger partial charge in [-0.3, -0.25) is 4.68 Å². The summed E-state index contributed by atoms with van der Waals surface area (Å²) in [5.41, 5.74) is 2.12. The lowest BCUT2D eigenvalue weighted by Crippen LogP contribution is -1.90. The Morgan fingerprint density at radius 3 is 2.38 bits per heavy atom. The van der Waals surface area contributed by atoms with Crippen LogP contribution in [0.15, 0.2) is 30.6 Å². The number of rotatable bonds is 3. The first kappa shape index (κ1) is 10.5. The van der Waals surface area contributed by atoms with Crippen molar-refractivity contribution in [3.63, 3.8) is 0 Å². The van der Waals surface area contributed by atoms with Crippen LogP contribution in [0, 0.1) is 0 Å². The zero-order valence-corrected chi connectivity index (χ0v) is 9.60. The van der Waals surface area contributed by atoms with Gasteiger partial charge in [0.05, 0.1) is 20.4 Å². The van der Waals surface area contributed by atoms with Gasteiger partial charge >= 0.3 is 0 Å². The van der Waals surface area contributed by atoms with Gasteiger partial charge in [0.1, 0.15) is 0 Å². The minimum Gasteiger partial charge on any atom is -0.493 e. The molecule has 2 rings (SSSR count). The van der Waals surface area contributed by atoms with Gasteiger partial charge in [0.15, 0.2) is 11.5 Å². The minimum atomic E-state index is 0.726. The summed E-state index contributed by atoms with van der Waals surface area (Å²) in [5.74, 6) is 1.46. The van der Waals surface area contributed by atoms with E-state index in [9.17, 15) is 0 Å². The molecule has 0 aliphatic rings. The Hall–Kier alpha value is -1.97. The molecule has 4 nitrogen and oxygen atoms in total. The molecule has 84 valence electrons. The SMILES string of the molecule is COc1ccc(-c2cnn(C)c2)cc1OC. The molecule has 0 spiro atoms. The second kappa shape index (κ2) is 4.26. The van der Waals surface area contributed by atoms with Crippen LogP contribution in [0.1, 0.15) is 0 Å². The van der Waals surface area contributed by atoms with Gasteiger partial charge in [-0.15, -0.1) is 0 Å². The fourth-order valence-corrected chi connectivity index (χ4v) is 1.59. The summed E-state index contributed by atoms with van der Waals surface area (Å²) < 4.78 is 12.2. The number of methoxy groups -OCH3 is 2. The van der Waals surface area contributed by atoms with E-state index in [1.807, 2.05) is 37.6 Å². The molecular formula is C12H14N2O2. The zero-order valence-electron chi connectivity index (χ0n) is 9.60. The van der Waals surface area contributed by atoms with Crippen molar-refractivity contribution in [2.24, 2.45) is 7.05 Å². The highest BCUT2D eigenvalue weighted by atomic mass is 16.5. The molecule has 0 unspecified atom stereocenters. The lowest BCUT2D eigenvalue weighted by Gasteiger charge is -2.08. The van der Waals surface area contributed by atoms with Crippen LogP contribution in [0.4, 0.5) is 0 Å². The molecule has 2 aromatic rings. The Kier molecular flexibility index (Phi) is 2.81. The largest absolute Gasteiger partial charge is 0.493 e. The number of ether oxygens (including phenoxy) is 2. The molecule has 0 radical (unpaired) electrons. The van der Waals surface area contributed by atoms with Crippen molar-refractivity contribution < 1.29 is 9.47 Å². The number of hydrogen-bond donors (Lipinski definition) is 0. The maximum Gasteiger partial charge on any atom is 0.161 e. The Bertz CT molecular complexity index is 492. The molecular weight excluding hydrogens is 204 g/mol. The summed E-state index contributed by atoms with van der Waals surface area (Å²) in [6, 6.07) is 5.81. The Morgan fingerprint density at radius 2 is 1.81 bits per heavy atom. The summed E-state index contributed by atoms with van der Waals surface area (Å²) >= 11 is 0. The highest BCUT2D eigenvalue weighted by molar-refractivity contribution is 5.65. The third kappa shape index (κ3) is 1.86. The van der Waals surface area contributed by atoms with Crippen molar-refractivity contribution in [2.75, 3.05) is 14.2 Å². The molecule has 0 aliphatic carbocycles. The van der Waals surface area contributed by atoms with Crippen LogP contribution in [0.25, 0.3) is 11.1 Å².